The molecule has 20 heavy (non-hydrogen) atoms. The number of ether oxygens (including phenoxy) is 1. The SMILES string of the molecule is CNC(c1ccc(F)c(F)c1)c1c(F)cccc1OC. The molecule has 0 spiro atoms. The Morgan fingerprint density at radius 1 is 1.00 bits per heavy atom. The molecule has 0 fully saturated rings. The van der Waals surface area contributed by atoms with Crippen molar-refractivity contribution in [2.45, 2.75) is 6.04 Å². The second-order valence-electron chi connectivity index (χ2n) is 4.25. The summed E-state index contributed by atoms with van der Waals surface area (Å²) in [4.78, 5) is 0. The Bertz CT molecular complexity index is 616. The fraction of sp³-hybridized carbons (Fsp3) is 0.200. The lowest BCUT2D eigenvalue weighted by Crippen LogP contribution is -2.20. The van der Waals surface area contributed by atoms with Crippen molar-refractivity contribution in [2.24, 2.45) is 0 Å². The average Bonchev–Trinajstić information content (AvgIpc) is 2.45. The largest absolute Gasteiger partial charge is 0.496 e. The second kappa shape index (κ2) is 5.96. The zero-order valence-electron chi connectivity index (χ0n) is 11.1. The molecular formula is C15H14F3NO. The van der Waals surface area contributed by atoms with Crippen LogP contribution >= 0.6 is 0 Å². The molecule has 0 amide bonds. The molecule has 0 aliphatic rings. The smallest absolute Gasteiger partial charge is 0.159 e. The van der Waals surface area contributed by atoms with Crippen molar-refractivity contribution in [3.8, 4) is 5.75 Å². The third-order valence-electron chi connectivity index (χ3n) is 3.09. The maximum absolute atomic E-state index is 14.1. The van der Waals surface area contributed by atoms with Gasteiger partial charge in [-0.2, -0.15) is 0 Å². The fourth-order valence-electron chi connectivity index (χ4n) is 2.15. The van der Waals surface area contributed by atoms with E-state index in [4.69, 9.17) is 4.74 Å². The molecular weight excluding hydrogens is 267 g/mol. The van der Waals surface area contributed by atoms with Gasteiger partial charge in [-0.1, -0.05) is 12.1 Å². The summed E-state index contributed by atoms with van der Waals surface area (Å²) in [7, 11) is 3.04. The second-order valence-corrected chi connectivity index (χ2v) is 4.25. The minimum absolute atomic E-state index is 0.253. The van der Waals surface area contributed by atoms with Crippen LogP contribution in [0.1, 0.15) is 17.2 Å². The Balaban J connectivity index is 2.55. The number of benzene rings is 2. The Hall–Kier alpha value is -2.01. The summed E-state index contributed by atoms with van der Waals surface area (Å²) >= 11 is 0. The van der Waals surface area contributed by atoms with Gasteiger partial charge < -0.3 is 10.1 Å². The first-order valence-corrected chi connectivity index (χ1v) is 6.03. The van der Waals surface area contributed by atoms with Crippen LogP contribution in [0.3, 0.4) is 0 Å². The van der Waals surface area contributed by atoms with Crippen molar-refractivity contribution in [1.82, 2.24) is 5.32 Å². The molecule has 2 nitrogen and oxygen atoms in total. The van der Waals surface area contributed by atoms with Crippen LogP contribution in [0.4, 0.5) is 13.2 Å². The summed E-state index contributed by atoms with van der Waals surface area (Å²) in [6, 6.07) is 7.26. The average molecular weight is 281 g/mol. The summed E-state index contributed by atoms with van der Waals surface area (Å²) < 4.78 is 45.5. The minimum Gasteiger partial charge on any atom is -0.496 e. The van der Waals surface area contributed by atoms with Crippen LogP contribution in [0.2, 0.25) is 0 Å². The molecule has 2 aromatic carbocycles. The van der Waals surface area contributed by atoms with E-state index in [1.165, 1.54) is 25.3 Å². The molecule has 0 aliphatic carbocycles. The van der Waals surface area contributed by atoms with E-state index < -0.39 is 23.5 Å². The fourth-order valence-corrected chi connectivity index (χ4v) is 2.15. The Morgan fingerprint density at radius 3 is 2.35 bits per heavy atom. The molecule has 0 heterocycles. The van der Waals surface area contributed by atoms with Crippen LogP contribution < -0.4 is 10.1 Å². The molecule has 1 N–H and O–H groups in total. The van der Waals surface area contributed by atoms with E-state index in [0.717, 1.165) is 12.1 Å². The van der Waals surface area contributed by atoms with Crippen molar-refractivity contribution in [3.63, 3.8) is 0 Å². The molecule has 0 aromatic heterocycles. The molecule has 5 heteroatoms. The summed E-state index contributed by atoms with van der Waals surface area (Å²) in [5.41, 5.74) is 0.665. The van der Waals surface area contributed by atoms with Crippen molar-refractivity contribution < 1.29 is 17.9 Å². The maximum atomic E-state index is 14.1. The minimum atomic E-state index is -0.974. The first kappa shape index (κ1) is 14.4. The van der Waals surface area contributed by atoms with Crippen molar-refractivity contribution in [3.05, 3.63) is 65.0 Å². The molecule has 0 saturated heterocycles. The van der Waals surface area contributed by atoms with Crippen molar-refractivity contribution in [2.75, 3.05) is 14.2 Å². The van der Waals surface area contributed by atoms with E-state index in [9.17, 15) is 13.2 Å². The van der Waals surface area contributed by atoms with Crippen LogP contribution in [0.5, 0.6) is 5.75 Å². The molecule has 0 radical (unpaired) electrons. The summed E-state index contributed by atoms with van der Waals surface area (Å²) in [5.74, 6) is -2.05. The van der Waals surface area contributed by atoms with Gasteiger partial charge in [-0.05, 0) is 36.9 Å². The van der Waals surface area contributed by atoms with E-state index in [0.29, 0.717) is 11.3 Å². The van der Waals surface area contributed by atoms with Crippen LogP contribution in [-0.4, -0.2) is 14.2 Å². The quantitative estimate of drug-likeness (QED) is 0.927. The van der Waals surface area contributed by atoms with Gasteiger partial charge in [-0.15, -0.1) is 0 Å². The lowest BCUT2D eigenvalue weighted by molar-refractivity contribution is 0.398. The molecule has 0 saturated carbocycles. The van der Waals surface area contributed by atoms with Crippen LogP contribution in [0.25, 0.3) is 0 Å². The number of rotatable bonds is 4. The molecule has 2 rings (SSSR count). The van der Waals surface area contributed by atoms with Crippen LogP contribution in [0, 0.1) is 17.5 Å². The van der Waals surface area contributed by atoms with Gasteiger partial charge in [0.2, 0.25) is 0 Å². The van der Waals surface area contributed by atoms with Gasteiger partial charge in [0.05, 0.1) is 18.7 Å². The Morgan fingerprint density at radius 2 is 1.75 bits per heavy atom. The zero-order valence-corrected chi connectivity index (χ0v) is 11.1. The van der Waals surface area contributed by atoms with Gasteiger partial charge in [0.1, 0.15) is 11.6 Å². The van der Waals surface area contributed by atoms with Gasteiger partial charge in [-0.25, -0.2) is 13.2 Å². The van der Waals surface area contributed by atoms with Gasteiger partial charge in [0.15, 0.2) is 11.6 Å². The third-order valence-corrected chi connectivity index (χ3v) is 3.09. The highest BCUT2D eigenvalue weighted by atomic mass is 19.2. The normalized spacial score (nSPS) is 12.2. The predicted molar refractivity (Wildman–Crippen MR) is 70.2 cm³/mol. The molecule has 0 aliphatic heterocycles. The van der Waals surface area contributed by atoms with E-state index in [-0.39, 0.29) is 5.56 Å². The predicted octanol–water partition coefficient (Wildman–Crippen LogP) is 3.42. The number of methoxy groups -OCH3 is 1. The summed E-state index contributed by atoms with van der Waals surface area (Å²) in [6.45, 7) is 0. The first-order valence-electron chi connectivity index (χ1n) is 6.03. The highest BCUT2D eigenvalue weighted by Gasteiger charge is 2.21. The standard InChI is InChI=1S/C15H14F3NO/c1-19-15(9-6-7-10(16)12(18)8-9)14-11(17)4-3-5-13(14)20-2/h3-8,15,19H,1-2H3. The van der Waals surface area contributed by atoms with Crippen molar-refractivity contribution >= 4 is 0 Å². The van der Waals surface area contributed by atoms with Crippen LogP contribution in [-0.2, 0) is 0 Å². The lowest BCUT2D eigenvalue weighted by Gasteiger charge is -2.20. The van der Waals surface area contributed by atoms with E-state index in [2.05, 4.69) is 5.32 Å². The number of hydrogen-bond acceptors (Lipinski definition) is 2. The first-order chi connectivity index (χ1) is 9.58. The Labute approximate surface area is 115 Å². The number of nitrogens with one attached hydrogen (secondary N) is 1. The summed E-state index contributed by atoms with van der Waals surface area (Å²) in [6.07, 6.45) is 0. The van der Waals surface area contributed by atoms with E-state index in [1.54, 1.807) is 13.1 Å². The zero-order chi connectivity index (χ0) is 14.7. The van der Waals surface area contributed by atoms with Gasteiger partial charge in [0.25, 0.3) is 0 Å². The molecule has 0 bridgehead atoms. The number of halogens is 3. The summed E-state index contributed by atoms with van der Waals surface area (Å²) in [5, 5.41) is 2.89. The van der Waals surface area contributed by atoms with E-state index in [1.807, 2.05) is 0 Å². The maximum Gasteiger partial charge on any atom is 0.159 e. The van der Waals surface area contributed by atoms with Gasteiger partial charge in [-0.3, -0.25) is 0 Å². The lowest BCUT2D eigenvalue weighted by atomic mass is 9.97. The third kappa shape index (κ3) is 2.63. The molecule has 1 atom stereocenters. The van der Waals surface area contributed by atoms with Gasteiger partial charge >= 0.3 is 0 Å². The van der Waals surface area contributed by atoms with E-state index >= 15 is 0 Å². The molecule has 1 unspecified atom stereocenters. The molecule has 106 valence electrons. The topological polar surface area (TPSA) is 21.3 Å². The van der Waals surface area contributed by atoms with Crippen LogP contribution in [0.15, 0.2) is 36.4 Å². The molecule has 2 aromatic rings. The highest BCUT2D eigenvalue weighted by Crippen LogP contribution is 2.32. The van der Waals surface area contributed by atoms with Gasteiger partial charge in [0, 0.05) is 0 Å². The monoisotopic (exact) mass is 281 g/mol. The van der Waals surface area contributed by atoms with Crippen molar-refractivity contribution in [1.29, 1.82) is 0 Å². The highest BCUT2D eigenvalue weighted by molar-refractivity contribution is 5.42. The number of hydrogen-bond donors (Lipinski definition) is 1. The Kier molecular flexibility index (Phi) is 4.29.